The van der Waals surface area contributed by atoms with E-state index >= 15 is 0 Å². The van der Waals surface area contributed by atoms with E-state index in [2.05, 4.69) is 21.8 Å². The lowest BCUT2D eigenvalue weighted by molar-refractivity contribution is 0.0846. The van der Waals surface area contributed by atoms with Gasteiger partial charge in [-0.2, -0.15) is 5.26 Å². The van der Waals surface area contributed by atoms with Gasteiger partial charge in [0.15, 0.2) is 5.13 Å². The van der Waals surface area contributed by atoms with Gasteiger partial charge in [0, 0.05) is 30.2 Å². The Morgan fingerprint density at radius 2 is 2.00 bits per heavy atom. The number of thiazole rings is 1. The number of hydrogen-bond donors (Lipinski definition) is 1. The van der Waals surface area contributed by atoms with Gasteiger partial charge in [-0.15, -0.1) is 11.3 Å². The molecule has 1 aliphatic heterocycles. The first-order valence-corrected chi connectivity index (χ1v) is 7.53. The molecule has 0 bridgehead atoms. The van der Waals surface area contributed by atoms with E-state index in [1.165, 1.54) is 0 Å². The van der Waals surface area contributed by atoms with Gasteiger partial charge in [0.05, 0.1) is 17.3 Å². The van der Waals surface area contributed by atoms with Gasteiger partial charge in [-0.25, -0.2) is 4.98 Å². The largest absolute Gasteiger partial charge is 0.381 e. The van der Waals surface area contributed by atoms with Crippen LogP contribution in [0.15, 0.2) is 29.6 Å². The number of ether oxygens (including phenoxy) is 1. The summed E-state index contributed by atoms with van der Waals surface area (Å²) in [6, 6.07) is 9.51. The predicted molar refractivity (Wildman–Crippen MR) is 79.3 cm³/mol. The van der Waals surface area contributed by atoms with Crippen molar-refractivity contribution in [3.63, 3.8) is 0 Å². The Morgan fingerprint density at radius 1 is 1.25 bits per heavy atom. The quantitative estimate of drug-likeness (QED) is 0.935. The normalized spacial score (nSPS) is 15.8. The Bertz CT molecular complexity index is 609. The summed E-state index contributed by atoms with van der Waals surface area (Å²) in [6.45, 7) is 1.67. The zero-order valence-corrected chi connectivity index (χ0v) is 11.8. The summed E-state index contributed by atoms with van der Waals surface area (Å²) in [5, 5.41) is 15.1. The number of benzene rings is 1. The molecule has 0 radical (unpaired) electrons. The third-order valence-electron chi connectivity index (χ3n) is 3.43. The van der Waals surface area contributed by atoms with E-state index in [1.807, 2.05) is 12.1 Å². The summed E-state index contributed by atoms with van der Waals surface area (Å²) < 4.78 is 5.38. The van der Waals surface area contributed by atoms with Crippen molar-refractivity contribution in [1.29, 1.82) is 5.26 Å². The Kier molecular flexibility index (Phi) is 3.95. The first-order valence-electron chi connectivity index (χ1n) is 6.65. The standard InChI is InChI=1S/C15H15N3OS/c16-9-11-1-3-13(4-2-11)17-15-18-14(10-20-15)12-5-7-19-8-6-12/h1-4,10,12H,5-8H2,(H,17,18). The van der Waals surface area contributed by atoms with Crippen LogP contribution in [0.3, 0.4) is 0 Å². The SMILES string of the molecule is N#Cc1ccc(Nc2nc(C3CCOCC3)cs2)cc1. The van der Waals surface area contributed by atoms with E-state index in [-0.39, 0.29) is 0 Å². The number of hydrogen-bond acceptors (Lipinski definition) is 5. The van der Waals surface area contributed by atoms with Crippen molar-refractivity contribution in [1.82, 2.24) is 4.98 Å². The van der Waals surface area contributed by atoms with Gasteiger partial charge in [-0.3, -0.25) is 0 Å². The predicted octanol–water partition coefficient (Wildman–Crippen LogP) is 3.65. The van der Waals surface area contributed by atoms with Crippen LogP contribution in [0.5, 0.6) is 0 Å². The third-order valence-corrected chi connectivity index (χ3v) is 4.20. The van der Waals surface area contributed by atoms with Crippen LogP contribution in [-0.4, -0.2) is 18.2 Å². The van der Waals surface area contributed by atoms with Crippen molar-refractivity contribution < 1.29 is 4.74 Å². The number of nitrogens with one attached hydrogen (secondary N) is 1. The smallest absolute Gasteiger partial charge is 0.187 e. The minimum absolute atomic E-state index is 0.525. The van der Waals surface area contributed by atoms with E-state index in [0.717, 1.165) is 42.6 Å². The van der Waals surface area contributed by atoms with Crippen LogP contribution in [0.25, 0.3) is 0 Å². The fraction of sp³-hybridized carbons (Fsp3) is 0.333. The molecule has 1 fully saturated rings. The lowest BCUT2D eigenvalue weighted by Crippen LogP contribution is -2.14. The van der Waals surface area contributed by atoms with Crippen molar-refractivity contribution in [2.75, 3.05) is 18.5 Å². The lowest BCUT2D eigenvalue weighted by Gasteiger charge is -2.19. The van der Waals surface area contributed by atoms with Crippen molar-refractivity contribution in [2.24, 2.45) is 0 Å². The topological polar surface area (TPSA) is 57.9 Å². The minimum Gasteiger partial charge on any atom is -0.381 e. The molecule has 20 heavy (non-hydrogen) atoms. The third kappa shape index (κ3) is 2.98. The van der Waals surface area contributed by atoms with E-state index in [9.17, 15) is 0 Å². The first kappa shape index (κ1) is 13.1. The highest BCUT2D eigenvalue weighted by molar-refractivity contribution is 7.13. The van der Waals surface area contributed by atoms with Crippen molar-refractivity contribution >= 4 is 22.2 Å². The second kappa shape index (κ2) is 6.04. The Labute approximate surface area is 122 Å². The van der Waals surface area contributed by atoms with Crippen LogP contribution in [-0.2, 0) is 4.74 Å². The van der Waals surface area contributed by atoms with E-state index < -0.39 is 0 Å². The molecule has 0 saturated carbocycles. The second-order valence-electron chi connectivity index (χ2n) is 4.78. The molecule has 1 aromatic carbocycles. The van der Waals surface area contributed by atoms with Gasteiger partial charge in [0.2, 0.25) is 0 Å². The number of anilines is 2. The molecule has 3 rings (SSSR count). The Balaban J connectivity index is 1.68. The van der Waals surface area contributed by atoms with Gasteiger partial charge in [-0.05, 0) is 37.1 Å². The summed E-state index contributed by atoms with van der Waals surface area (Å²) in [5.41, 5.74) is 2.78. The number of rotatable bonds is 3. The molecule has 1 aliphatic rings. The highest BCUT2D eigenvalue weighted by Gasteiger charge is 2.18. The Hall–Kier alpha value is -1.90. The lowest BCUT2D eigenvalue weighted by atomic mass is 9.98. The molecule has 102 valence electrons. The van der Waals surface area contributed by atoms with Crippen LogP contribution in [0, 0.1) is 11.3 Å². The minimum atomic E-state index is 0.525. The molecule has 1 aromatic heterocycles. The zero-order chi connectivity index (χ0) is 13.8. The Morgan fingerprint density at radius 3 is 2.70 bits per heavy atom. The van der Waals surface area contributed by atoms with E-state index in [0.29, 0.717) is 11.5 Å². The highest BCUT2D eigenvalue weighted by Crippen LogP contribution is 2.30. The van der Waals surface area contributed by atoms with Gasteiger partial charge in [0.1, 0.15) is 0 Å². The number of aromatic nitrogens is 1. The fourth-order valence-corrected chi connectivity index (χ4v) is 3.09. The maximum atomic E-state index is 8.77. The molecule has 0 spiro atoms. The molecule has 4 nitrogen and oxygen atoms in total. The fourth-order valence-electron chi connectivity index (χ4n) is 2.28. The van der Waals surface area contributed by atoms with Crippen molar-refractivity contribution in [3.8, 4) is 6.07 Å². The molecule has 2 heterocycles. The molecular formula is C15H15N3OS. The average molecular weight is 285 g/mol. The maximum Gasteiger partial charge on any atom is 0.187 e. The number of nitriles is 1. The van der Waals surface area contributed by atoms with Crippen LogP contribution >= 0.6 is 11.3 Å². The summed E-state index contributed by atoms with van der Waals surface area (Å²) in [5.74, 6) is 0.525. The van der Waals surface area contributed by atoms with Gasteiger partial charge >= 0.3 is 0 Å². The van der Waals surface area contributed by atoms with E-state index in [4.69, 9.17) is 10.00 Å². The molecule has 1 N–H and O–H groups in total. The van der Waals surface area contributed by atoms with Crippen LogP contribution < -0.4 is 5.32 Å². The maximum absolute atomic E-state index is 8.77. The molecule has 0 atom stereocenters. The van der Waals surface area contributed by atoms with Crippen LogP contribution in [0.1, 0.15) is 30.0 Å². The monoisotopic (exact) mass is 285 g/mol. The first-order chi connectivity index (χ1) is 9.85. The van der Waals surface area contributed by atoms with Gasteiger partial charge in [-0.1, -0.05) is 0 Å². The van der Waals surface area contributed by atoms with Gasteiger partial charge < -0.3 is 10.1 Å². The number of nitrogens with zero attached hydrogens (tertiary/aromatic N) is 2. The molecule has 0 amide bonds. The molecule has 2 aromatic rings. The average Bonchev–Trinajstić information content (AvgIpc) is 2.97. The molecule has 1 saturated heterocycles. The molecule has 0 aliphatic carbocycles. The van der Waals surface area contributed by atoms with E-state index in [1.54, 1.807) is 23.5 Å². The zero-order valence-electron chi connectivity index (χ0n) is 11.0. The second-order valence-corrected chi connectivity index (χ2v) is 5.64. The molecular weight excluding hydrogens is 270 g/mol. The molecule has 0 unspecified atom stereocenters. The summed E-state index contributed by atoms with van der Waals surface area (Å²) >= 11 is 1.62. The molecule has 5 heteroatoms. The summed E-state index contributed by atoms with van der Waals surface area (Å²) in [4.78, 5) is 4.66. The van der Waals surface area contributed by atoms with Crippen LogP contribution in [0.4, 0.5) is 10.8 Å². The van der Waals surface area contributed by atoms with Crippen LogP contribution in [0.2, 0.25) is 0 Å². The summed E-state index contributed by atoms with van der Waals surface area (Å²) in [7, 11) is 0. The highest BCUT2D eigenvalue weighted by atomic mass is 32.1. The van der Waals surface area contributed by atoms with Gasteiger partial charge in [0.25, 0.3) is 0 Å². The van der Waals surface area contributed by atoms with Crippen molar-refractivity contribution in [3.05, 3.63) is 40.9 Å². The van der Waals surface area contributed by atoms with Crippen molar-refractivity contribution in [2.45, 2.75) is 18.8 Å². The summed E-state index contributed by atoms with van der Waals surface area (Å²) in [6.07, 6.45) is 2.11.